The Balaban J connectivity index is 2.06. The number of fused-ring (bicyclic) bond motifs is 1. The number of benzene rings is 1. The third kappa shape index (κ3) is 1.58. The predicted molar refractivity (Wildman–Crippen MR) is 64.2 cm³/mol. The van der Waals surface area contributed by atoms with E-state index < -0.39 is 0 Å². The standard InChI is InChI=1S/C9H9N7S/c10-16-8(12-13-9(16)17)5-15-7-4-2-1-3-6(7)11-14-15/h1-4H,5,10H2,(H,13,17). The fraction of sp³-hybridized carbons (Fsp3) is 0.111. The Morgan fingerprint density at radius 2 is 2.18 bits per heavy atom. The van der Waals surface area contributed by atoms with Crippen LogP contribution in [0.3, 0.4) is 0 Å². The first-order valence-corrected chi connectivity index (χ1v) is 5.36. The van der Waals surface area contributed by atoms with Gasteiger partial charge in [-0.15, -0.1) is 5.10 Å². The fourth-order valence-electron chi connectivity index (χ4n) is 1.62. The van der Waals surface area contributed by atoms with E-state index >= 15 is 0 Å². The van der Waals surface area contributed by atoms with Crippen molar-refractivity contribution in [2.24, 2.45) is 0 Å². The largest absolute Gasteiger partial charge is 0.335 e. The van der Waals surface area contributed by atoms with Gasteiger partial charge < -0.3 is 5.84 Å². The van der Waals surface area contributed by atoms with Crippen LogP contribution in [0.25, 0.3) is 11.0 Å². The lowest BCUT2D eigenvalue weighted by Gasteiger charge is -2.01. The van der Waals surface area contributed by atoms with Crippen LogP contribution >= 0.6 is 12.2 Å². The quantitative estimate of drug-likeness (QED) is 0.507. The van der Waals surface area contributed by atoms with Crippen LogP contribution in [0.4, 0.5) is 0 Å². The van der Waals surface area contributed by atoms with E-state index in [4.69, 9.17) is 18.1 Å². The molecule has 0 saturated carbocycles. The molecule has 86 valence electrons. The van der Waals surface area contributed by atoms with E-state index in [-0.39, 0.29) is 0 Å². The molecule has 7 nitrogen and oxygen atoms in total. The van der Waals surface area contributed by atoms with Crippen LogP contribution in [-0.2, 0) is 6.54 Å². The second kappa shape index (κ2) is 3.67. The first kappa shape index (κ1) is 9.97. The number of hydrogen-bond acceptors (Lipinski definition) is 5. The van der Waals surface area contributed by atoms with Crippen molar-refractivity contribution in [2.45, 2.75) is 6.54 Å². The van der Waals surface area contributed by atoms with Gasteiger partial charge in [0.25, 0.3) is 0 Å². The predicted octanol–water partition coefficient (Wildman–Crippen LogP) is 0.447. The third-order valence-corrected chi connectivity index (χ3v) is 2.78. The molecule has 3 aromatic rings. The van der Waals surface area contributed by atoms with Gasteiger partial charge in [-0.05, 0) is 24.4 Å². The van der Waals surface area contributed by atoms with Crippen LogP contribution < -0.4 is 5.84 Å². The minimum absolute atomic E-state index is 0.379. The normalized spacial score (nSPS) is 11.1. The molecule has 0 bridgehead atoms. The number of aromatic nitrogens is 6. The number of nitrogens with one attached hydrogen (secondary N) is 1. The van der Waals surface area contributed by atoms with E-state index in [2.05, 4.69) is 20.5 Å². The number of rotatable bonds is 2. The van der Waals surface area contributed by atoms with E-state index in [1.54, 1.807) is 4.68 Å². The highest BCUT2D eigenvalue weighted by Crippen LogP contribution is 2.10. The van der Waals surface area contributed by atoms with Gasteiger partial charge in [0.2, 0.25) is 4.77 Å². The van der Waals surface area contributed by atoms with Crippen molar-refractivity contribution in [3.63, 3.8) is 0 Å². The highest BCUT2D eigenvalue weighted by Gasteiger charge is 2.08. The molecule has 0 aliphatic carbocycles. The Kier molecular flexibility index (Phi) is 2.15. The molecule has 0 atom stereocenters. The Morgan fingerprint density at radius 3 is 2.94 bits per heavy atom. The molecule has 0 unspecified atom stereocenters. The van der Waals surface area contributed by atoms with Gasteiger partial charge in [0.15, 0.2) is 5.82 Å². The number of nitrogen functional groups attached to an aromatic ring is 1. The lowest BCUT2D eigenvalue weighted by atomic mass is 10.3. The number of para-hydroxylation sites is 1. The van der Waals surface area contributed by atoms with Crippen molar-refractivity contribution in [1.82, 2.24) is 29.9 Å². The van der Waals surface area contributed by atoms with Crippen LogP contribution in [0.1, 0.15) is 5.82 Å². The van der Waals surface area contributed by atoms with Crippen molar-refractivity contribution in [3.8, 4) is 0 Å². The zero-order chi connectivity index (χ0) is 11.8. The average molecular weight is 247 g/mol. The molecule has 1 aromatic carbocycles. The molecule has 0 aliphatic rings. The Labute approximate surface area is 101 Å². The minimum atomic E-state index is 0.379. The molecule has 3 N–H and O–H groups in total. The lowest BCUT2D eigenvalue weighted by molar-refractivity contribution is 0.628. The molecule has 17 heavy (non-hydrogen) atoms. The van der Waals surface area contributed by atoms with E-state index in [1.165, 1.54) is 4.68 Å². The average Bonchev–Trinajstić information content (AvgIpc) is 2.89. The summed E-state index contributed by atoms with van der Waals surface area (Å²) < 4.78 is 3.43. The van der Waals surface area contributed by atoms with Crippen molar-refractivity contribution in [3.05, 3.63) is 34.9 Å². The van der Waals surface area contributed by atoms with Crippen molar-refractivity contribution in [1.29, 1.82) is 0 Å². The van der Waals surface area contributed by atoms with Crippen LogP contribution in [0.2, 0.25) is 0 Å². The summed E-state index contributed by atoms with van der Waals surface area (Å²) in [6, 6.07) is 7.69. The molecule has 2 aromatic heterocycles. The van der Waals surface area contributed by atoms with E-state index in [1.807, 2.05) is 24.3 Å². The summed E-state index contributed by atoms with van der Waals surface area (Å²) in [7, 11) is 0. The molecule has 0 fully saturated rings. The van der Waals surface area contributed by atoms with Gasteiger partial charge >= 0.3 is 0 Å². The summed E-state index contributed by atoms with van der Waals surface area (Å²) in [4.78, 5) is 0. The van der Waals surface area contributed by atoms with Crippen LogP contribution in [0, 0.1) is 4.77 Å². The maximum absolute atomic E-state index is 5.72. The minimum Gasteiger partial charge on any atom is -0.335 e. The number of aromatic amines is 1. The van der Waals surface area contributed by atoms with Gasteiger partial charge in [0.05, 0.1) is 5.52 Å². The molecular formula is C9H9N7S. The maximum Gasteiger partial charge on any atom is 0.214 e. The summed E-state index contributed by atoms with van der Waals surface area (Å²) in [5, 5.41) is 14.8. The zero-order valence-electron chi connectivity index (χ0n) is 8.74. The second-order valence-electron chi connectivity index (χ2n) is 3.55. The summed E-state index contributed by atoms with van der Waals surface area (Å²) >= 11 is 4.94. The van der Waals surface area contributed by atoms with Gasteiger partial charge in [0, 0.05) is 0 Å². The van der Waals surface area contributed by atoms with Crippen molar-refractivity contribution >= 4 is 23.3 Å². The number of hydrogen-bond donors (Lipinski definition) is 2. The Morgan fingerprint density at radius 1 is 1.35 bits per heavy atom. The summed E-state index contributed by atoms with van der Waals surface area (Å²) in [6.45, 7) is 0.421. The smallest absolute Gasteiger partial charge is 0.214 e. The number of nitrogens with two attached hydrogens (primary N) is 1. The van der Waals surface area contributed by atoms with E-state index in [9.17, 15) is 0 Å². The molecule has 2 heterocycles. The highest BCUT2D eigenvalue weighted by molar-refractivity contribution is 7.71. The fourth-order valence-corrected chi connectivity index (χ4v) is 1.77. The van der Waals surface area contributed by atoms with Crippen LogP contribution in [-0.4, -0.2) is 29.9 Å². The zero-order valence-corrected chi connectivity index (χ0v) is 9.55. The summed E-state index contributed by atoms with van der Waals surface area (Å²) in [6.07, 6.45) is 0. The SMILES string of the molecule is Nn1c(Cn2nnc3ccccc32)n[nH]c1=S. The third-order valence-electron chi connectivity index (χ3n) is 2.49. The molecule has 8 heteroatoms. The highest BCUT2D eigenvalue weighted by atomic mass is 32.1. The van der Waals surface area contributed by atoms with Gasteiger partial charge in [-0.1, -0.05) is 17.3 Å². The van der Waals surface area contributed by atoms with Crippen LogP contribution in [0.15, 0.2) is 24.3 Å². The van der Waals surface area contributed by atoms with Crippen molar-refractivity contribution < 1.29 is 0 Å². The Bertz CT molecular complexity index is 722. The molecule has 0 amide bonds. The molecule has 3 rings (SSSR count). The lowest BCUT2D eigenvalue weighted by Crippen LogP contribution is -2.16. The molecule has 0 aliphatic heterocycles. The second-order valence-corrected chi connectivity index (χ2v) is 3.94. The monoisotopic (exact) mass is 247 g/mol. The molecule has 0 spiro atoms. The van der Waals surface area contributed by atoms with Crippen LogP contribution in [0.5, 0.6) is 0 Å². The number of nitrogens with zero attached hydrogens (tertiary/aromatic N) is 5. The topological polar surface area (TPSA) is 90.3 Å². The Hall–Kier alpha value is -2.22. The van der Waals surface area contributed by atoms with Gasteiger partial charge in [-0.25, -0.2) is 9.36 Å². The van der Waals surface area contributed by atoms with Crippen molar-refractivity contribution in [2.75, 3.05) is 5.84 Å². The van der Waals surface area contributed by atoms with E-state index in [0.717, 1.165) is 11.0 Å². The number of H-pyrrole nitrogens is 1. The first-order chi connectivity index (χ1) is 8.25. The summed E-state index contributed by atoms with van der Waals surface area (Å²) in [5.41, 5.74) is 1.77. The van der Waals surface area contributed by atoms with E-state index in [0.29, 0.717) is 17.1 Å². The maximum atomic E-state index is 5.72. The molecular weight excluding hydrogens is 238 g/mol. The van der Waals surface area contributed by atoms with Gasteiger partial charge in [-0.2, -0.15) is 5.10 Å². The summed E-state index contributed by atoms with van der Waals surface area (Å²) in [5.74, 6) is 6.32. The van der Waals surface area contributed by atoms with Gasteiger partial charge in [0.1, 0.15) is 12.1 Å². The van der Waals surface area contributed by atoms with Gasteiger partial charge in [-0.3, -0.25) is 5.10 Å². The molecule has 0 radical (unpaired) electrons. The molecule has 0 saturated heterocycles. The first-order valence-electron chi connectivity index (χ1n) is 4.95.